The Morgan fingerprint density at radius 3 is 3.00 bits per heavy atom. The molecular weight excluding hydrogens is 256 g/mol. The number of hydrogen-bond acceptors (Lipinski definition) is 4. The van der Waals surface area contributed by atoms with E-state index in [2.05, 4.69) is 5.32 Å². The molecule has 0 radical (unpaired) electrons. The predicted octanol–water partition coefficient (Wildman–Crippen LogP) is 1.37. The highest BCUT2D eigenvalue weighted by Gasteiger charge is 2.14. The summed E-state index contributed by atoms with van der Waals surface area (Å²) in [6.07, 6.45) is 0.0339. The molecule has 1 aliphatic heterocycles. The van der Waals surface area contributed by atoms with E-state index in [1.54, 1.807) is 17.7 Å². The molecule has 1 aromatic heterocycles. The molecule has 0 bridgehead atoms. The molecule has 20 heavy (non-hydrogen) atoms. The molecule has 0 aliphatic carbocycles. The van der Waals surface area contributed by atoms with Gasteiger partial charge >= 0.3 is 0 Å². The van der Waals surface area contributed by atoms with Gasteiger partial charge in [-0.2, -0.15) is 0 Å². The molecule has 0 saturated carbocycles. The zero-order valence-electron chi connectivity index (χ0n) is 11.5. The number of ether oxygens (including phenoxy) is 2. The van der Waals surface area contributed by atoms with E-state index in [4.69, 9.17) is 9.47 Å². The fourth-order valence-corrected chi connectivity index (χ4v) is 2.44. The van der Waals surface area contributed by atoms with Crippen molar-refractivity contribution in [2.24, 2.45) is 7.05 Å². The number of nitrogens with one attached hydrogen (secondary N) is 1. The minimum Gasteiger partial charge on any atom is -0.382 e. The van der Waals surface area contributed by atoms with Crippen LogP contribution in [0.3, 0.4) is 0 Å². The van der Waals surface area contributed by atoms with E-state index in [0.717, 1.165) is 16.6 Å². The van der Waals surface area contributed by atoms with Crippen molar-refractivity contribution < 1.29 is 9.47 Å². The second kappa shape index (κ2) is 5.64. The van der Waals surface area contributed by atoms with Crippen molar-refractivity contribution in [3.8, 4) is 0 Å². The van der Waals surface area contributed by atoms with Gasteiger partial charge in [-0.1, -0.05) is 18.2 Å². The van der Waals surface area contributed by atoms with E-state index in [-0.39, 0.29) is 11.7 Å². The van der Waals surface area contributed by atoms with Crippen LogP contribution in [0.5, 0.6) is 0 Å². The van der Waals surface area contributed by atoms with Crippen LogP contribution < -0.4 is 10.9 Å². The molecule has 1 aromatic carbocycles. The van der Waals surface area contributed by atoms with Crippen molar-refractivity contribution in [3.63, 3.8) is 0 Å². The molecule has 5 heteroatoms. The van der Waals surface area contributed by atoms with Crippen molar-refractivity contribution in [1.82, 2.24) is 4.57 Å². The van der Waals surface area contributed by atoms with Crippen molar-refractivity contribution >= 4 is 16.6 Å². The van der Waals surface area contributed by atoms with E-state index < -0.39 is 0 Å². The molecule has 1 N–H and O–H groups in total. The molecule has 2 aromatic rings. The SMILES string of the molecule is Cn1c(=O)cc(NCC2COCCO2)c2ccccc21. The van der Waals surface area contributed by atoms with Crippen molar-refractivity contribution in [1.29, 1.82) is 0 Å². The topological polar surface area (TPSA) is 52.5 Å². The average Bonchev–Trinajstić information content (AvgIpc) is 2.50. The lowest BCUT2D eigenvalue weighted by Gasteiger charge is -2.24. The summed E-state index contributed by atoms with van der Waals surface area (Å²) in [5.74, 6) is 0. The van der Waals surface area contributed by atoms with Crippen molar-refractivity contribution in [2.75, 3.05) is 31.7 Å². The summed E-state index contributed by atoms with van der Waals surface area (Å²) >= 11 is 0. The van der Waals surface area contributed by atoms with Gasteiger partial charge in [0.15, 0.2) is 0 Å². The van der Waals surface area contributed by atoms with Gasteiger partial charge in [0, 0.05) is 30.7 Å². The van der Waals surface area contributed by atoms with E-state index >= 15 is 0 Å². The van der Waals surface area contributed by atoms with Gasteiger partial charge in [0.25, 0.3) is 5.56 Å². The van der Waals surface area contributed by atoms with Crippen LogP contribution >= 0.6 is 0 Å². The van der Waals surface area contributed by atoms with E-state index in [0.29, 0.717) is 26.4 Å². The molecule has 0 amide bonds. The van der Waals surface area contributed by atoms with Gasteiger partial charge in [-0.25, -0.2) is 0 Å². The lowest BCUT2D eigenvalue weighted by molar-refractivity contribution is -0.0818. The summed E-state index contributed by atoms with van der Waals surface area (Å²) in [6.45, 7) is 2.52. The summed E-state index contributed by atoms with van der Waals surface area (Å²) < 4.78 is 12.6. The Labute approximate surface area is 117 Å². The number of fused-ring (bicyclic) bond motifs is 1. The van der Waals surface area contributed by atoms with Gasteiger partial charge in [-0.15, -0.1) is 0 Å². The molecule has 1 fully saturated rings. The Kier molecular flexibility index (Phi) is 3.71. The van der Waals surface area contributed by atoms with Crippen LogP contribution in [0, 0.1) is 0 Å². The van der Waals surface area contributed by atoms with Gasteiger partial charge in [0.1, 0.15) is 0 Å². The Balaban J connectivity index is 1.87. The Bertz CT molecular complexity index is 660. The molecule has 1 unspecified atom stereocenters. The number of aryl methyl sites for hydroxylation is 1. The lowest BCUT2D eigenvalue weighted by atomic mass is 10.1. The van der Waals surface area contributed by atoms with Gasteiger partial charge in [-0.3, -0.25) is 4.79 Å². The van der Waals surface area contributed by atoms with Crippen LogP contribution in [0.4, 0.5) is 5.69 Å². The fraction of sp³-hybridized carbons (Fsp3) is 0.400. The van der Waals surface area contributed by atoms with Crippen LogP contribution in [-0.2, 0) is 16.5 Å². The van der Waals surface area contributed by atoms with E-state index in [9.17, 15) is 4.79 Å². The van der Waals surface area contributed by atoms with Crippen LogP contribution in [-0.4, -0.2) is 37.0 Å². The Morgan fingerprint density at radius 2 is 2.20 bits per heavy atom. The number of rotatable bonds is 3. The molecule has 2 heterocycles. The van der Waals surface area contributed by atoms with Gasteiger partial charge in [0.2, 0.25) is 0 Å². The van der Waals surface area contributed by atoms with Crippen LogP contribution in [0.25, 0.3) is 10.9 Å². The molecule has 106 valence electrons. The lowest BCUT2D eigenvalue weighted by Crippen LogP contribution is -2.34. The van der Waals surface area contributed by atoms with E-state index in [1.807, 2.05) is 24.3 Å². The minimum absolute atomic E-state index is 0.0213. The van der Waals surface area contributed by atoms with Crippen molar-refractivity contribution in [3.05, 3.63) is 40.7 Å². The maximum atomic E-state index is 12.0. The highest BCUT2D eigenvalue weighted by molar-refractivity contribution is 5.91. The third-order valence-electron chi connectivity index (χ3n) is 3.56. The molecule has 1 aliphatic rings. The summed E-state index contributed by atoms with van der Waals surface area (Å²) in [5, 5.41) is 4.34. The van der Waals surface area contributed by atoms with Gasteiger partial charge in [-0.05, 0) is 6.07 Å². The molecular formula is C15H18N2O3. The maximum Gasteiger partial charge on any atom is 0.252 e. The highest BCUT2D eigenvalue weighted by atomic mass is 16.6. The monoisotopic (exact) mass is 274 g/mol. The summed E-state index contributed by atoms with van der Waals surface area (Å²) in [7, 11) is 1.78. The molecule has 1 atom stereocenters. The first-order valence-corrected chi connectivity index (χ1v) is 6.78. The average molecular weight is 274 g/mol. The number of aromatic nitrogens is 1. The zero-order valence-corrected chi connectivity index (χ0v) is 11.5. The first-order chi connectivity index (χ1) is 9.75. The molecule has 1 saturated heterocycles. The van der Waals surface area contributed by atoms with Gasteiger partial charge < -0.3 is 19.4 Å². The Morgan fingerprint density at radius 1 is 1.35 bits per heavy atom. The number of pyridine rings is 1. The Hall–Kier alpha value is -1.85. The van der Waals surface area contributed by atoms with Crippen LogP contribution in [0.2, 0.25) is 0 Å². The first kappa shape index (κ1) is 13.1. The molecule has 0 spiro atoms. The third kappa shape index (κ3) is 2.55. The largest absolute Gasteiger partial charge is 0.382 e. The quantitative estimate of drug-likeness (QED) is 0.918. The summed E-state index contributed by atoms with van der Waals surface area (Å²) in [6, 6.07) is 9.49. The number of nitrogens with zero attached hydrogens (tertiary/aromatic N) is 1. The first-order valence-electron chi connectivity index (χ1n) is 6.78. The molecule has 5 nitrogen and oxygen atoms in total. The van der Waals surface area contributed by atoms with E-state index in [1.165, 1.54) is 0 Å². The van der Waals surface area contributed by atoms with Gasteiger partial charge in [0.05, 0.1) is 31.4 Å². The number of para-hydroxylation sites is 1. The standard InChI is InChI=1S/C15H18N2O3/c1-17-14-5-3-2-4-12(14)13(8-15(17)18)16-9-11-10-19-6-7-20-11/h2-5,8,11,16H,6-7,9-10H2,1H3. The number of benzene rings is 1. The van der Waals surface area contributed by atoms with Crippen LogP contribution in [0.15, 0.2) is 35.1 Å². The maximum absolute atomic E-state index is 12.0. The van der Waals surface area contributed by atoms with Crippen molar-refractivity contribution in [2.45, 2.75) is 6.10 Å². The smallest absolute Gasteiger partial charge is 0.252 e. The third-order valence-corrected chi connectivity index (χ3v) is 3.56. The summed E-state index contributed by atoms with van der Waals surface area (Å²) in [4.78, 5) is 12.0. The highest BCUT2D eigenvalue weighted by Crippen LogP contribution is 2.20. The number of hydrogen-bond donors (Lipinski definition) is 1. The minimum atomic E-state index is -0.0213. The van der Waals surface area contributed by atoms with Crippen LogP contribution in [0.1, 0.15) is 0 Å². The normalized spacial score (nSPS) is 19.1. The predicted molar refractivity (Wildman–Crippen MR) is 78.2 cm³/mol. The second-order valence-corrected chi connectivity index (χ2v) is 4.92. The summed E-state index contributed by atoms with van der Waals surface area (Å²) in [5.41, 5.74) is 1.74. The second-order valence-electron chi connectivity index (χ2n) is 4.92. The zero-order chi connectivity index (χ0) is 13.9. The number of anilines is 1. The fourth-order valence-electron chi connectivity index (χ4n) is 2.44. The molecule has 3 rings (SSSR count).